The van der Waals surface area contributed by atoms with E-state index >= 15 is 0 Å². The molecule has 3 heteroatoms. The third kappa shape index (κ3) is 1.91. The zero-order valence-electron chi connectivity index (χ0n) is 8.42. The maximum absolute atomic E-state index is 9.58. The van der Waals surface area contributed by atoms with E-state index in [-0.39, 0.29) is 0 Å². The Morgan fingerprint density at radius 1 is 1.07 bits per heavy atom. The standard InChI is InChI=1S/C12H12NO2/c1-15-11-7-5-10(6-8-11)12-4-2-3-9-13(12)14/h2-9,14H,1H3/q+1. The van der Waals surface area contributed by atoms with Gasteiger partial charge in [0.05, 0.1) is 12.7 Å². The molecule has 2 aromatic rings. The summed E-state index contributed by atoms with van der Waals surface area (Å²) in [4.78, 5) is 0. The number of rotatable bonds is 2. The molecule has 0 saturated carbocycles. The second-order valence-corrected chi connectivity index (χ2v) is 3.16. The summed E-state index contributed by atoms with van der Waals surface area (Å²) in [5.41, 5.74) is 1.69. The highest BCUT2D eigenvalue weighted by atomic mass is 16.5. The Balaban J connectivity index is 2.42. The van der Waals surface area contributed by atoms with Gasteiger partial charge in [-0.2, -0.15) is 0 Å². The second kappa shape index (κ2) is 4.00. The molecule has 0 fully saturated rings. The molecular weight excluding hydrogens is 190 g/mol. The van der Waals surface area contributed by atoms with Crippen molar-refractivity contribution in [1.82, 2.24) is 0 Å². The van der Waals surface area contributed by atoms with Crippen LogP contribution in [0, 0.1) is 0 Å². The molecule has 0 unspecified atom stereocenters. The molecule has 0 atom stereocenters. The van der Waals surface area contributed by atoms with Crippen LogP contribution >= 0.6 is 0 Å². The topological polar surface area (TPSA) is 33.3 Å². The minimum absolute atomic E-state index is 0.750. The first kappa shape index (κ1) is 9.52. The first-order valence-electron chi connectivity index (χ1n) is 4.65. The van der Waals surface area contributed by atoms with E-state index in [0.29, 0.717) is 0 Å². The summed E-state index contributed by atoms with van der Waals surface area (Å²) in [6.07, 6.45) is 1.60. The van der Waals surface area contributed by atoms with Crippen LogP contribution in [0.3, 0.4) is 0 Å². The zero-order chi connectivity index (χ0) is 10.7. The van der Waals surface area contributed by atoms with Crippen molar-refractivity contribution in [3.63, 3.8) is 0 Å². The summed E-state index contributed by atoms with van der Waals surface area (Å²) in [6.45, 7) is 0. The van der Waals surface area contributed by atoms with Gasteiger partial charge in [0.15, 0.2) is 0 Å². The van der Waals surface area contributed by atoms with Gasteiger partial charge in [-0.05, 0) is 30.3 Å². The van der Waals surface area contributed by atoms with Gasteiger partial charge in [0.2, 0.25) is 6.20 Å². The molecule has 0 amide bonds. The maximum atomic E-state index is 9.58. The molecule has 0 aliphatic carbocycles. The number of methoxy groups -OCH3 is 1. The fraction of sp³-hybridized carbons (Fsp3) is 0.0833. The Kier molecular flexibility index (Phi) is 2.54. The minimum Gasteiger partial charge on any atom is -0.497 e. The summed E-state index contributed by atoms with van der Waals surface area (Å²) >= 11 is 0. The lowest BCUT2D eigenvalue weighted by molar-refractivity contribution is -0.896. The van der Waals surface area contributed by atoms with Crippen LogP contribution in [-0.4, -0.2) is 12.3 Å². The molecule has 3 nitrogen and oxygen atoms in total. The Hall–Kier alpha value is -2.03. The van der Waals surface area contributed by atoms with Crippen molar-refractivity contribution in [2.75, 3.05) is 7.11 Å². The Bertz CT molecular complexity index is 451. The molecule has 1 aromatic heterocycles. The van der Waals surface area contributed by atoms with Crippen molar-refractivity contribution in [1.29, 1.82) is 0 Å². The fourth-order valence-electron chi connectivity index (χ4n) is 1.42. The Labute approximate surface area is 88.1 Å². The fourth-order valence-corrected chi connectivity index (χ4v) is 1.42. The van der Waals surface area contributed by atoms with E-state index < -0.39 is 0 Å². The lowest BCUT2D eigenvalue weighted by atomic mass is 10.1. The van der Waals surface area contributed by atoms with Crippen LogP contribution in [0.15, 0.2) is 48.7 Å². The van der Waals surface area contributed by atoms with Gasteiger partial charge < -0.3 is 4.74 Å². The molecule has 0 radical (unpaired) electrons. The quantitative estimate of drug-likeness (QED) is 0.596. The number of nitrogens with zero attached hydrogens (tertiary/aromatic N) is 1. The van der Waals surface area contributed by atoms with Gasteiger partial charge in [-0.1, -0.05) is 0 Å². The number of ether oxygens (including phenoxy) is 1. The molecule has 1 N–H and O–H groups in total. The second-order valence-electron chi connectivity index (χ2n) is 3.16. The van der Waals surface area contributed by atoms with Crippen LogP contribution in [0.4, 0.5) is 0 Å². The van der Waals surface area contributed by atoms with Crippen molar-refractivity contribution >= 4 is 0 Å². The van der Waals surface area contributed by atoms with E-state index in [0.717, 1.165) is 21.7 Å². The molecule has 76 valence electrons. The van der Waals surface area contributed by atoms with Crippen LogP contribution in [0.25, 0.3) is 11.3 Å². The van der Waals surface area contributed by atoms with Gasteiger partial charge >= 0.3 is 0 Å². The van der Waals surface area contributed by atoms with Crippen LogP contribution in [-0.2, 0) is 0 Å². The van der Waals surface area contributed by atoms with Gasteiger partial charge in [0.25, 0.3) is 5.69 Å². The van der Waals surface area contributed by atoms with Crippen LogP contribution in [0.5, 0.6) is 5.75 Å². The summed E-state index contributed by atoms with van der Waals surface area (Å²) in [5, 5.41) is 9.58. The molecule has 1 aromatic carbocycles. The monoisotopic (exact) mass is 202 g/mol. The number of hydrogen-bond acceptors (Lipinski definition) is 2. The lowest BCUT2D eigenvalue weighted by Crippen LogP contribution is -2.31. The van der Waals surface area contributed by atoms with Crippen molar-refractivity contribution in [3.05, 3.63) is 48.7 Å². The van der Waals surface area contributed by atoms with E-state index in [1.54, 1.807) is 19.4 Å². The van der Waals surface area contributed by atoms with E-state index in [4.69, 9.17) is 4.74 Å². The molecule has 0 aliphatic rings. The molecule has 0 saturated heterocycles. The zero-order valence-corrected chi connectivity index (χ0v) is 8.42. The van der Waals surface area contributed by atoms with Crippen molar-refractivity contribution in [2.24, 2.45) is 0 Å². The number of aromatic nitrogens is 1. The SMILES string of the molecule is COc1ccc(-c2cccc[n+]2O)cc1. The minimum atomic E-state index is 0.750. The van der Waals surface area contributed by atoms with Crippen LogP contribution < -0.4 is 9.47 Å². The highest BCUT2D eigenvalue weighted by Crippen LogP contribution is 2.18. The van der Waals surface area contributed by atoms with Gasteiger partial charge in [0, 0.05) is 16.9 Å². The predicted octanol–water partition coefficient (Wildman–Crippen LogP) is 1.89. The first-order valence-corrected chi connectivity index (χ1v) is 4.65. The van der Waals surface area contributed by atoms with Crippen LogP contribution in [0.1, 0.15) is 0 Å². The summed E-state index contributed by atoms with van der Waals surface area (Å²) in [6, 6.07) is 13.0. The normalized spacial score (nSPS) is 9.93. The average Bonchev–Trinajstić information content (AvgIpc) is 2.30. The van der Waals surface area contributed by atoms with Gasteiger partial charge in [-0.15, -0.1) is 0 Å². The number of pyridine rings is 1. The summed E-state index contributed by atoms with van der Waals surface area (Å²) in [5.74, 6) is 0.805. The number of benzene rings is 1. The maximum Gasteiger partial charge on any atom is 0.264 e. The summed E-state index contributed by atoms with van der Waals surface area (Å²) in [7, 11) is 1.63. The molecular formula is C12H12NO2+. The van der Waals surface area contributed by atoms with Gasteiger partial charge in [-0.25, -0.2) is 0 Å². The Morgan fingerprint density at radius 2 is 1.80 bits per heavy atom. The molecule has 0 bridgehead atoms. The van der Waals surface area contributed by atoms with Gasteiger partial charge in [0.1, 0.15) is 5.75 Å². The van der Waals surface area contributed by atoms with E-state index in [9.17, 15) is 5.21 Å². The van der Waals surface area contributed by atoms with E-state index in [2.05, 4.69) is 0 Å². The highest BCUT2D eigenvalue weighted by molar-refractivity contribution is 5.56. The highest BCUT2D eigenvalue weighted by Gasteiger charge is 2.10. The third-order valence-electron chi connectivity index (χ3n) is 2.23. The van der Waals surface area contributed by atoms with E-state index in [1.807, 2.05) is 36.4 Å². The van der Waals surface area contributed by atoms with Crippen molar-refractivity contribution in [2.45, 2.75) is 0 Å². The van der Waals surface area contributed by atoms with Crippen LogP contribution in [0.2, 0.25) is 0 Å². The number of hydrogen-bond donors (Lipinski definition) is 1. The molecule has 0 spiro atoms. The molecule has 1 heterocycles. The van der Waals surface area contributed by atoms with Crippen molar-refractivity contribution in [3.8, 4) is 17.0 Å². The summed E-state index contributed by atoms with van der Waals surface area (Å²) < 4.78 is 6.16. The Morgan fingerprint density at radius 3 is 2.40 bits per heavy atom. The van der Waals surface area contributed by atoms with Crippen molar-refractivity contribution < 1.29 is 14.7 Å². The molecule has 15 heavy (non-hydrogen) atoms. The predicted molar refractivity (Wildman–Crippen MR) is 55.8 cm³/mol. The largest absolute Gasteiger partial charge is 0.497 e. The smallest absolute Gasteiger partial charge is 0.264 e. The first-order chi connectivity index (χ1) is 7.31. The molecule has 0 aliphatic heterocycles. The average molecular weight is 202 g/mol. The van der Waals surface area contributed by atoms with E-state index in [1.165, 1.54) is 0 Å². The lowest BCUT2D eigenvalue weighted by Gasteiger charge is -2.00. The molecule has 2 rings (SSSR count). The third-order valence-corrected chi connectivity index (χ3v) is 2.23. The van der Waals surface area contributed by atoms with Gasteiger partial charge in [-0.3, -0.25) is 5.21 Å².